The first-order valence-electron chi connectivity index (χ1n) is 6.11. The van der Waals surface area contributed by atoms with E-state index in [9.17, 15) is 4.79 Å². The van der Waals surface area contributed by atoms with Crippen LogP contribution in [-0.4, -0.2) is 53.9 Å². The Morgan fingerprint density at radius 3 is 3.06 bits per heavy atom. The van der Waals surface area contributed by atoms with Crippen LogP contribution in [0, 0.1) is 0 Å². The van der Waals surface area contributed by atoms with Crippen LogP contribution in [0.2, 0.25) is 0 Å². The van der Waals surface area contributed by atoms with Gasteiger partial charge >= 0.3 is 5.97 Å². The second-order valence-corrected chi connectivity index (χ2v) is 3.63. The summed E-state index contributed by atoms with van der Waals surface area (Å²) in [5, 5.41) is 10.8. The number of rotatable bonds is 10. The van der Waals surface area contributed by atoms with Gasteiger partial charge in [0.1, 0.15) is 6.61 Å². The average molecular weight is 256 g/mol. The second-order valence-electron chi connectivity index (χ2n) is 3.63. The summed E-state index contributed by atoms with van der Waals surface area (Å²) in [6, 6.07) is 0. The molecule has 7 heteroatoms. The Bertz CT molecular complexity index is 316. The molecule has 1 aromatic rings. The number of ether oxygens (including phenoxy) is 2. The van der Waals surface area contributed by atoms with Gasteiger partial charge in [-0.25, -0.2) is 4.79 Å². The smallest absolute Gasteiger partial charge is 0.332 e. The van der Waals surface area contributed by atoms with Crippen LogP contribution >= 0.6 is 0 Å². The van der Waals surface area contributed by atoms with Crippen molar-refractivity contribution in [1.82, 2.24) is 20.3 Å². The molecule has 0 aliphatic heterocycles. The van der Waals surface area contributed by atoms with Gasteiger partial charge in [0.25, 0.3) is 0 Å². The minimum absolute atomic E-state index is 0.0223. The first-order chi connectivity index (χ1) is 8.83. The highest BCUT2D eigenvalue weighted by Crippen LogP contribution is 1.85. The fourth-order valence-corrected chi connectivity index (χ4v) is 1.35. The molecule has 0 saturated carbocycles. The molecule has 0 unspecified atom stereocenters. The Labute approximate surface area is 106 Å². The van der Waals surface area contributed by atoms with Gasteiger partial charge < -0.3 is 14.8 Å². The van der Waals surface area contributed by atoms with Crippen molar-refractivity contribution in [2.45, 2.75) is 19.9 Å². The Hall–Kier alpha value is -1.47. The number of aromatic nitrogens is 3. The number of nitrogens with zero attached hydrogens (tertiary/aromatic N) is 3. The molecule has 0 aromatic carbocycles. The quantitative estimate of drug-likeness (QED) is 0.463. The van der Waals surface area contributed by atoms with Gasteiger partial charge in [-0.15, -0.1) is 5.10 Å². The van der Waals surface area contributed by atoms with E-state index in [1.54, 1.807) is 17.8 Å². The van der Waals surface area contributed by atoms with Crippen molar-refractivity contribution >= 4 is 5.97 Å². The maximum absolute atomic E-state index is 10.9. The fourth-order valence-electron chi connectivity index (χ4n) is 1.35. The third kappa shape index (κ3) is 6.97. The molecule has 0 aliphatic rings. The summed E-state index contributed by atoms with van der Waals surface area (Å²) < 4.78 is 11.7. The van der Waals surface area contributed by atoms with E-state index >= 15 is 0 Å². The largest absolute Gasteiger partial charge is 0.464 e. The number of hydrogen-bond donors (Lipinski definition) is 1. The summed E-state index contributed by atoms with van der Waals surface area (Å²) in [4.78, 5) is 10.9. The molecule has 0 bridgehead atoms. The molecular formula is C11H20N4O3. The van der Waals surface area contributed by atoms with Crippen LogP contribution in [0.3, 0.4) is 0 Å². The molecule has 18 heavy (non-hydrogen) atoms. The van der Waals surface area contributed by atoms with Crippen LogP contribution in [0.4, 0.5) is 0 Å². The number of aryl methyl sites for hydroxylation is 1. The van der Waals surface area contributed by atoms with Gasteiger partial charge in [-0.3, -0.25) is 4.68 Å². The number of carbonyl (C=O) groups excluding carboxylic acids is 1. The van der Waals surface area contributed by atoms with Crippen molar-refractivity contribution in [1.29, 1.82) is 0 Å². The lowest BCUT2D eigenvalue weighted by molar-refractivity contribution is -0.148. The maximum Gasteiger partial charge on any atom is 0.332 e. The van der Waals surface area contributed by atoms with E-state index in [0.717, 1.165) is 26.1 Å². The summed E-state index contributed by atoms with van der Waals surface area (Å²) in [5.41, 5.74) is 0. The van der Waals surface area contributed by atoms with Crippen LogP contribution in [0.5, 0.6) is 0 Å². The number of carbonyl (C=O) groups is 1. The summed E-state index contributed by atoms with van der Waals surface area (Å²) in [6.07, 6.45) is 4.47. The predicted molar refractivity (Wildman–Crippen MR) is 65.0 cm³/mol. The molecule has 0 radical (unpaired) electrons. The van der Waals surface area contributed by atoms with E-state index in [0.29, 0.717) is 13.2 Å². The molecule has 102 valence electrons. The summed E-state index contributed by atoms with van der Waals surface area (Å²) in [5.74, 6) is -0.316. The lowest BCUT2D eigenvalue weighted by Crippen LogP contribution is -2.23. The van der Waals surface area contributed by atoms with Crippen molar-refractivity contribution in [2.24, 2.45) is 0 Å². The summed E-state index contributed by atoms with van der Waals surface area (Å²) in [7, 11) is 0. The minimum atomic E-state index is -0.316. The van der Waals surface area contributed by atoms with Crippen LogP contribution < -0.4 is 5.32 Å². The van der Waals surface area contributed by atoms with Crippen molar-refractivity contribution in [3.8, 4) is 0 Å². The van der Waals surface area contributed by atoms with Crippen molar-refractivity contribution in [2.75, 3.05) is 32.9 Å². The number of nitrogens with one attached hydrogen (secondary N) is 1. The van der Waals surface area contributed by atoms with E-state index in [1.165, 1.54) is 0 Å². The Morgan fingerprint density at radius 1 is 1.44 bits per heavy atom. The van der Waals surface area contributed by atoms with Crippen molar-refractivity contribution < 1.29 is 14.3 Å². The Kier molecular flexibility index (Phi) is 7.74. The van der Waals surface area contributed by atoms with Crippen molar-refractivity contribution in [3.05, 3.63) is 12.4 Å². The van der Waals surface area contributed by atoms with Gasteiger partial charge in [-0.1, -0.05) is 5.21 Å². The molecule has 1 rings (SSSR count). The second kappa shape index (κ2) is 9.55. The lowest BCUT2D eigenvalue weighted by Gasteiger charge is -2.06. The van der Waals surface area contributed by atoms with Gasteiger partial charge in [0.2, 0.25) is 0 Å². The maximum atomic E-state index is 10.9. The number of hydrogen-bond acceptors (Lipinski definition) is 6. The third-order valence-electron chi connectivity index (χ3n) is 2.16. The monoisotopic (exact) mass is 256 g/mol. The highest BCUT2D eigenvalue weighted by molar-refractivity contribution is 5.70. The highest BCUT2D eigenvalue weighted by atomic mass is 16.6. The zero-order chi connectivity index (χ0) is 13.1. The van der Waals surface area contributed by atoms with Crippen LogP contribution in [0.25, 0.3) is 0 Å². The van der Waals surface area contributed by atoms with Gasteiger partial charge in [0.15, 0.2) is 0 Å². The molecule has 0 fully saturated rings. The zero-order valence-electron chi connectivity index (χ0n) is 10.7. The molecular weight excluding hydrogens is 236 g/mol. The number of esters is 1. The van der Waals surface area contributed by atoms with Gasteiger partial charge in [0.05, 0.1) is 19.4 Å². The highest BCUT2D eigenvalue weighted by Gasteiger charge is 2.00. The molecule has 0 amide bonds. The Balaban J connectivity index is 1.83. The van der Waals surface area contributed by atoms with Crippen LogP contribution in [0.15, 0.2) is 12.4 Å². The van der Waals surface area contributed by atoms with E-state index < -0.39 is 0 Å². The lowest BCUT2D eigenvalue weighted by atomic mass is 10.4. The molecule has 0 atom stereocenters. The van der Waals surface area contributed by atoms with E-state index in [-0.39, 0.29) is 12.6 Å². The van der Waals surface area contributed by atoms with Crippen LogP contribution in [-0.2, 0) is 20.8 Å². The Morgan fingerprint density at radius 2 is 2.33 bits per heavy atom. The van der Waals surface area contributed by atoms with Gasteiger partial charge in [-0.05, 0) is 19.9 Å². The summed E-state index contributed by atoms with van der Waals surface area (Å²) in [6.45, 7) is 5.13. The van der Waals surface area contributed by atoms with Gasteiger partial charge in [-0.2, -0.15) is 0 Å². The first-order valence-corrected chi connectivity index (χ1v) is 6.11. The van der Waals surface area contributed by atoms with Gasteiger partial charge in [0, 0.05) is 19.3 Å². The SMILES string of the molecule is CCOC(=O)COCCNCCCn1ccnn1. The summed E-state index contributed by atoms with van der Waals surface area (Å²) >= 11 is 0. The van der Waals surface area contributed by atoms with Crippen molar-refractivity contribution in [3.63, 3.8) is 0 Å². The molecule has 1 N–H and O–H groups in total. The zero-order valence-corrected chi connectivity index (χ0v) is 10.7. The minimum Gasteiger partial charge on any atom is -0.464 e. The molecule has 7 nitrogen and oxygen atoms in total. The first kappa shape index (κ1) is 14.6. The topological polar surface area (TPSA) is 78.3 Å². The van der Waals surface area contributed by atoms with E-state index in [1.807, 2.05) is 6.20 Å². The third-order valence-corrected chi connectivity index (χ3v) is 2.16. The molecule has 0 aliphatic carbocycles. The van der Waals surface area contributed by atoms with E-state index in [2.05, 4.69) is 15.6 Å². The predicted octanol–water partition coefficient (Wildman–Crippen LogP) is -0.162. The molecule has 1 aromatic heterocycles. The van der Waals surface area contributed by atoms with E-state index in [4.69, 9.17) is 9.47 Å². The molecule has 0 spiro atoms. The van der Waals surface area contributed by atoms with Crippen LogP contribution in [0.1, 0.15) is 13.3 Å². The standard InChI is InChI=1S/C11H20N4O3/c1-2-18-11(16)10-17-9-6-12-4-3-7-15-8-5-13-14-15/h5,8,12H,2-4,6-7,9-10H2,1H3. The normalized spacial score (nSPS) is 10.5. The fraction of sp³-hybridized carbons (Fsp3) is 0.727. The molecule has 0 saturated heterocycles. The molecule has 1 heterocycles. The average Bonchev–Trinajstić information content (AvgIpc) is 2.86.